The van der Waals surface area contributed by atoms with E-state index < -0.39 is 0 Å². The van der Waals surface area contributed by atoms with E-state index in [2.05, 4.69) is 10.1 Å². The van der Waals surface area contributed by atoms with Crippen molar-refractivity contribution in [2.45, 2.75) is 31.8 Å². The van der Waals surface area contributed by atoms with Gasteiger partial charge in [-0.25, -0.2) is 0 Å². The van der Waals surface area contributed by atoms with E-state index in [-0.39, 0.29) is 6.61 Å². The van der Waals surface area contributed by atoms with Crippen LogP contribution >= 0.6 is 0 Å². The van der Waals surface area contributed by atoms with E-state index in [1.54, 1.807) is 6.26 Å². The molecule has 1 fully saturated rings. The third-order valence-electron chi connectivity index (χ3n) is 3.67. The zero-order chi connectivity index (χ0) is 13.1. The van der Waals surface area contributed by atoms with Crippen molar-refractivity contribution in [1.29, 1.82) is 0 Å². The first-order valence-electron chi connectivity index (χ1n) is 6.71. The van der Waals surface area contributed by atoms with Crippen LogP contribution in [-0.2, 0) is 6.54 Å². The lowest BCUT2D eigenvalue weighted by Gasteiger charge is -2.36. The summed E-state index contributed by atoms with van der Waals surface area (Å²) in [7, 11) is 0. The fourth-order valence-corrected chi connectivity index (χ4v) is 2.40. The van der Waals surface area contributed by atoms with Gasteiger partial charge in [0, 0.05) is 25.2 Å². The molecule has 5 heteroatoms. The van der Waals surface area contributed by atoms with Crippen molar-refractivity contribution in [3.05, 3.63) is 30.2 Å². The topological polar surface area (TPSA) is 62.6 Å². The van der Waals surface area contributed by atoms with Crippen LogP contribution in [0, 0.1) is 0 Å². The molecule has 0 bridgehead atoms. The Balaban J connectivity index is 1.68. The minimum atomic E-state index is 0.180. The minimum absolute atomic E-state index is 0.180. The van der Waals surface area contributed by atoms with Gasteiger partial charge in [-0.15, -0.1) is 0 Å². The lowest BCUT2D eigenvalue weighted by Crippen LogP contribution is -2.41. The Hall–Kier alpha value is -1.59. The molecule has 1 aliphatic rings. The fourth-order valence-electron chi connectivity index (χ4n) is 2.40. The molecule has 0 spiro atoms. The summed E-state index contributed by atoms with van der Waals surface area (Å²) in [6.45, 7) is 1.59. The number of hydrogen-bond acceptors (Lipinski definition) is 5. The molecular weight excluding hydrogens is 244 g/mol. The van der Waals surface area contributed by atoms with Gasteiger partial charge in [0.05, 0.1) is 18.6 Å². The van der Waals surface area contributed by atoms with Crippen molar-refractivity contribution >= 4 is 0 Å². The molecule has 0 radical (unpaired) electrons. The highest BCUT2D eigenvalue weighted by molar-refractivity contribution is 5.49. The first kappa shape index (κ1) is 12.4. The Kier molecular flexibility index (Phi) is 3.66. The predicted octanol–water partition coefficient (Wildman–Crippen LogP) is 2.28. The summed E-state index contributed by atoms with van der Waals surface area (Å²) in [5.41, 5.74) is 0.881. The molecule has 1 aliphatic carbocycles. The van der Waals surface area contributed by atoms with Gasteiger partial charge in [0.1, 0.15) is 0 Å². The highest BCUT2D eigenvalue weighted by atomic mass is 16.5. The van der Waals surface area contributed by atoms with Crippen molar-refractivity contribution < 1.29 is 14.0 Å². The second kappa shape index (κ2) is 5.59. The molecule has 0 aromatic carbocycles. The van der Waals surface area contributed by atoms with Crippen LogP contribution in [0.15, 0.2) is 33.4 Å². The molecule has 102 valence electrons. The third kappa shape index (κ3) is 2.72. The number of aliphatic hydroxyl groups is 1. The molecule has 2 heterocycles. The molecule has 1 saturated carbocycles. The molecule has 2 aromatic rings. The fraction of sp³-hybridized carbons (Fsp3) is 0.500. The van der Waals surface area contributed by atoms with E-state index in [1.807, 2.05) is 18.2 Å². The lowest BCUT2D eigenvalue weighted by molar-refractivity contribution is 0.0923. The number of aromatic nitrogens is 1. The van der Waals surface area contributed by atoms with Crippen LogP contribution in [0.3, 0.4) is 0 Å². The van der Waals surface area contributed by atoms with E-state index in [0.29, 0.717) is 24.1 Å². The second-order valence-corrected chi connectivity index (χ2v) is 4.94. The van der Waals surface area contributed by atoms with Gasteiger partial charge in [0.15, 0.2) is 5.76 Å². The number of nitrogens with zero attached hydrogens (tertiary/aromatic N) is 2. The van der Waals surface area contributed by atoms with Crippen molar-refractivity contribution in [3.63, 3.8) is 0 Å². The van der Waals surface area contributed by atoms with Gasteiger partial charge in [0.2, 0.25) is 5.76 Å². The standard InChI is InChI=1S/C14H18N2O3/c17-7-6-16(12-3-1-4-12)10-11-9-14(19-15-11)13-5-2-8-18-13/h2,5,8-9,12,17H,1,3-4,6-7,10H2. The minimum Gasteiger partial charge on any atom is -0.461 e. The molecule has 3 rings (SSSR count). The molecule has 5 nitrogen and oxygen atoms in total. The van der Waals surface area contributed by atoms with E-state index >= 15 is 0 Å². The molecule has 2 aromatic heterocycles. The summed E-state index contributed by atoms with van der Waals surface area (Å²) in [5, 5.41) is 13.2. The molecule has 0 atom stereocenters. The summed E-state index contributed by atoms with van der Waals surface area (Å²) in [6, 6.07) is 6.16. The van der Waals surface area contributed by atoms with Crippen LogP contribution in [0.25, 0.3) is 11.5 Å². The normalized spacial score (nSPS) is 15.9. The van der Waals surface area contributed by atoms with Gasteiger partial charge < -0.3 is 14.0 Å². The quantitative estimate of drug-likeness (QED) is 0.865. The molecule has 19 heavy (non-hydrogen) atoms. The maximum absolute atomic E-state index is 9.14. The Morgan fingerprint density at radius 3 is 2.89 bits per heavy atom. The van der Waals surface area contributed by atoms with Crippen molar-refractivity contribution in [2.24, 2.45) is 0 Å². The Bertz CT molecular complexity index is 503. The average molecular weight is 262 g/mol. The Morgan fingerprint density at radius 1 is 1.37 bits per heavy atom. The van der Waals surface area contributed by atoms with Gasteiger partial charge in [-0.2, -0.15) is 0 Å². The monoisotopic (exact) mass is 262 g/mol. The third-order valence-corrected chi connectivity index (χ3v) is 3.67. The summed E-state index contributed by atoms with van der Waals surface area (Å²) in [5.74, 6) is 1.34. The maximum atomic E-state index is 9.14. The second-order valence-electron chi connectivity index (χ2n) is 4.94. The van der Waals surface area contributed by atoms with Crippen molar-refractivity contribution in [2.75, 3.05) is 13.2 Å². The van der Waals surface area contributed by atoms with E-state index in [1.165, 1.54) is 19.3 Å². The van der Waals surface area contributed by atoms with Gasteiger partial charge >= 0.3 is 0 Å². The van der Waals surface area contributed by atoms with E-state index in [0.717, 1.165) is 12.2 Å². The van der Waals surface area contributed by atoms with E-state index in [4.69, 9.17) is 14.0 Å². The highest BCUT2D eigenvalue weighted by Gasteiger charge is 2.25. The maximum Gasteiger partial charge on any atom is 0.202 e. The summed E-state index contributed by atoms with van der Waals surface area (Å²) in [6.07, 6.45) is 5.32. The molecule has 1 N–H and O–H groups in total. The zero-order valence-corrected chi connectivity index (χ0v) is 10.8. The zero-order valence-electron chi connectivity index (χ0n) is 10.8. The largest absolute Gasteiger partial charge is 0.461 e. The summed E-state index contributed by atoms with van der Waals surface area (Å²) in [4.78, 5) is 2.27. The first-order chi connectivity index (χ1) is 9.36. The molecule has 0 amide bonds. The number of hydrogen-bond donors (Lipinski definition) is 1. The van der Waals surface area contributed by atoms with Gasteiger partial charge in [0.25, 0.3) is 0 Å². The average Bonchev–Trinajstić information content (AvgIpc) is 2.95. The van der Waals surface area contributed by atoms with Crippen LogP contribution < -0.4 is 0 Å². The van der Waals surface area contributed by atoms with Crippen molar-refractivity contribution in [3.8, 4) is 11.5 Å². The van der Waals surface area contributed by atoms with Crippen LogP contribution in [-0.4, -0.2) is 34.4 Å². The first-order valence-corrected chi connectivity index (χ1v) is 6.71. The van der Waals surface area contributed by atoms with Gasteiger partial charge in [-0.1, -0.05) is 11.6 Å². The van der Waals surface area contributed by atoms with Crippen LogP contribution in [0.5, 0.6) is 0 Å². The molecule has 0 saturated heterocycles. The Labute approximate surface area is 111 Å². The highest BCUT2D eigenvalue weighted by Crippen LogP contribution is 2.27. The molecule has 0 unspecified atom stereocenters. The summed E-state index contributed by atoms with van der Waals surface area (Å²) >= 11 is 0. The van der Waals surface area contributed by atoms with Gasteiger partial charge in [-0.3, -0.25) is 4.90 Å². The van der Waals surface area contributed by atoms with Gasteiger partial charge in [-0.05, 0) is 25.0 Å². The number of furan rings is 1. The van der Waals surface area contributed by atoms with Crippen LogP contribution in [0.1, 0.15) is 25.0 Å². The number of aliphatic hydroxyl groups excluding tert-OH is 1. The Morgan fingerprint density at radius 2 is 2.26 bits per heavy atom. The smallest absolute Gasteiger partial charge is 0.202 e. The SMILES string of the molecule is OCCN(Cc1cc(-c2ccco2)on1)C1CCC1. The number of rotatable bonds is 6. The van der Waals surface area contributed by atoms with Crippen molar-refractivity contribution in [1.82, 2.24) is 10.1 Å². The van der Waals surface area contributed by atoms with E-state index in [9.17, 15) is 0 Å². The lowest BCUT2D eigenvalue weighted by atomic mass is 9.91. The van der Waals surface area contributed by atoms with Crippen LogP contribution in [0.2, 0.25) is 0 Å². The predicted molar refractivity (Wildman–Crippen MR) is 69.3 cm³/mol. The summed E-state index contributed by atoms with van der Waals surface area (Å²) < 4.78 is 10.6. The molecular formula is C14H18N2O3. The molecule has 0 aliphatic heterocycles. The van der Waals surface area contributed by atoms with Crippen LogP contribution in [0.4, 0.5) is 0 Å².